The van der Waals surface area contributed by atoms with E-state index in [-0.39, 0.29) is 5.60 Å². The normalized spacial score (nSPS) is 27.2. The Bertz CT molecular complexity index is 192. The highest BCUT2D eigenvalue weighted by molar-refractivity contribution is 4.82. The van der Waals surface area contributed by atoms with Crippen LogP contribution in [0.15, 0.2) is 0 Å². The highest BCUT2D eigenvalue weighted by atomic mass is 16.5. The van der Waals surface area contributed by atoms with E-state index >= 15 is 0 Å². The second-order valence-corrected chi connectivity index (χ2v) is 5.53. The van der Waals surface area contributed by atoms with Crippen LogP contribution in [-0.4, -0.2) is 48.8 Å². The number of hydrogen-bond acceptors (Lipinski definition) is 3. The summed E-state index contributed by atoms with van der Waals surface area (Å²) >= 11 is 0. The molecule has 3 heteroatoms. The van der Waals surface area contributed by atoms with Crippen molar-refractivity contribution in [2.24, 2.45) is 0 Å². The van der Waals surface area contributed by atoms with Crippen molar-refractivity contribution in [3.05, 3.63) is 0 Å². The van der Waals surface area contributed by atoms with E-state index in [2.05, 4.69) is 44.8 Å². The molecule has 1 N–H and O–H groups in total. The van der Waals surface area contributed by atoms with Gasteiger partial charge in [-0.15, -0.1) is 0 Å². The third-order valence-electron chi connectivity index (χ3n) is 2.62. The number of nitrogens with one attached hydrogen (secondary N) is 1. The lowest BCUT2D eigenvalue weighted by molar-refractivity contribution is -0.128. The predicted molar refractivity (Wildman–Crippen MR) is 64.2 cm³/mol. The van der Waals surface area contributed by atoms with Crippen LogP contribution >= 0.6 is 0 Å². The van der Waals surface area contributed by atoms with E-state index in [1.165, 1.54) is 0 Å². The van der Waals surface area contributed by atoms with Crippen LogP contribution in [0.1, 0.15) is 34.6 Å². The van der Waals surface area contributed by atoms with E-state index in [0.29, 0.717) is 12.1 Å². The van der Waals surface area contributed by atoms with Gasteiger partial charge in [-0.3, -0.25) is 4.90 Å². The average Bonchev–Trinajstić information content (AvgIpc) is 1.98. The Labute approximate surface area is 94.2 Å². The zero-order valence-electron chi connectivity index (χ0n) is 10.8. The molecule has 0 amide bonds. The van der Waals surface area contributed by atoms with Gasteiger partial charge in [0.2, 0.25) is 0 Å². The van der Waals surface area contributed by atoms with Gasteiger partial charge in [0, 0.05) is 32.2 Å². The smallest absolute Gasteiger partial charge is 0.0757 e. The van der Waals surface area contributed by atoms with Crippen molar-refractivity contribution >= 4 is 0 Å². The molecule has 0 aromatic heterocycles. The molecule has 3 nitrogen and oxygen atoms in total. The molecule has 15 heavy (non-hydrogen) atoms. The van der Waals surface area contributed by atoms with Gasteiger partial charge in [-0.25, -0.2) is 0 Å². The number of morpholine rings is 1. The highest BCUT2D eigenvalue weighted by Gasteiger charge is 2.30. The van der Waals surface area contributed by atoms with Crippen LogP contribution in [-0.2, 0) is 4.74 Å². The number of rotatable bonds is 4. The first kappa shape index (κ1) is 12.9. The van der Waals surface area contributed by atoms with Gasteiger partial charge < -0.3 is 10.1 Å². The second kappa shape index (κ2) is 5.28. The van der Waals surface area contributed by atoms with Crippen LogP contribution in [0.25, 0.3) is 0 Å². The maximum Gasteiger partial charge on any atom is 0.0757 e. The Hall–Kier alpha value is -0.120. The average molecular weight is 214 g/mol. The summed E-state index contributed by atoms with van der Waals surface area (Å²) in [6.07, 6.45) is 0.354. The minimum absolute atomic E-state index is 0.00942. The van der Waals surface area contributed by atoms with Gasteiger partial charge in [-0.05, 0) is 20.8 Å². The maximum atomic E-state index is 5.87. The Kier molecular flexibility index (Phi) is 4.56. The molecule has 0 aliphatic carbocycles. The standard InChI is InChI=1S/C12H26N2O/c1-10(2)13-6-7-14-8-11(3)15-12(4,5)9-14/h10-11,13H,6-9H2,1-5H3. The van der Waals surface area contributed by atoms with E-state index < -0.39 is 0 Å². The van der Waals surface area contributed by atoms with E-state index in [1.54, 1.807) is 0 Å². The first-order valence-electron chi connectivity index (χ1n) is 6.02. The summed E-state index contributed by atoms with van der Waals surface area (Å²) < 4.78 is 5.87. The number of nitrogens with zero attached hydrogens (tertiary/aromatic N) is 1. The van der Waals surface area contributed by atoms with E-state index in [0.717, 1.165) is 26.2 Å². The van der Waals surface area contributed by atoms with Gasteiger partial charge in [-0.1, -0.05) is 13.8 Å². The van der Waals surface area contributed by atoms with E-state index in [9.17, 15) is 0 Å². The first-order chi connectivity index (χ1) is 6.89. The Morgan fingerprint density at radius 2 is 2.13 bits per heavy atom. The molecule has 0 bridgehead atoms. The molecule has 0 saturated carbocycles. The zero-order chi connectivity index (χ0) is 11.5. The van der Waals surface area contributed by atoms with Crippen molar-refractivity contribution in [2.75, 3.05) is 26.2 Å². The van der Waals surface area contributed by atoms with Crippen LogP contribution in [0, 0.1) is 0 Å². The fourth-order valence-corrected chi connectivity index (χ4v) is 2.27. The Morgan fingerprint density at radius 1 is 1.47 bits per heavy atom. The molecular formula is C12H26N2O. The highest BCUT2D eigenvalue weighted by Crippen LogP contribution is 2.20. The minimum Gasteiger partial charge on any atom is -0.370 e. The van der Waals surface area contributed by atoms with Crippen LogP contribution in [0.5, 0.6) is 0 Å². The Morgan fingerprint density at radius 3 is 2.67 bits per heavy atom. The lowest BCUT2D eigenvalue weighted by Gasteiger charge is -2.41. The van der Waals surface area contributed by atoms with Gasteiger partial charge in [0.05, 0.1) is 11.7 Å². The summed E-state index contributed by atoms with van der Waals surface area (Å²) in [5.74, 6) is 0. The van der Waals surface area contributed by atoms with E-state index in [4.69, 9.17) is 4.74 Å². The lowest BCUT2D eigenvalue weighted by atomic mass is 10.1. The van der Waals surface area contributed by atoms with Crippen molar-refractivity contribution in [1.82, 2.24) is 10.2 Å². The van der Waals surface area contributed by atoms with Gasteiger partial charge >= 0.3 is 0 Å². The molecule has 1 unspecified atom stereocenters. The van der Waals surface area contributed by atoms with Gasteiger partial charge in [0.25, 0.3) is 0 Å². The molecule has 90 valence electrons. The second-order valence-electron chi connectivity index (χ2n) is 5.53. The number of ether oxygens (including phenoxy) is 1. The summed E-state index contributed by atoms with van der Waals surface area (Å²) in [5.41, 5.74) is 0.00942. The molecule has 1 atom stereocenters. The fourth-order valence-electron chi connectivity index (χ4n) is 2.27. The van der Waals surface area contributed by atoms with Crippen molar-refractivity contribution in [1.29, 1.82) is 0 Å². The third kappa shape index (κ3) is 4.96. The molecule has 0 spiro atoms. The summed E-state index contributed by atoms with van der Waals surface area (Å²) in [7, 11) is 0. The lowest BCUT2D eigenvalue weighted by Crippen LogP contribution is -2.53. The van der Waals surface area contributed by atoms with Crippen LogP contribution in [0.4, 0.5) is 0 Å². The van der Waals surface area contributed by atoms with E-state index in [1.807, 2.05) is 0 Å². The van der Waals surface area contributed by atoms with Gasteiger partial charge in [0.15, 0.2) is 0 Å². The molecule has 1 aliphatic heterocycles. The fraction of sp³-hybridized carbons (Fsp3) is 1.00. The van der Waals surface area contributed by atoms with Crippen molar-refractivity contribution < 1.29 is 4.74 Å². The van der Waals surface area contributed by atoms with Gasteiger partial charge in [-0.2, -0.15) is 0 Å². The van der Waals surface area contributed by atoms with Gasteiger partial charge in [0.1, 0.15) is 0 Å². The molecule has 0 radical (unpaired) electrons. The van der Waals surface area contributed by atoms with Crippen molar-refractivity contribution in [2.45, 2.75) is 52.4 Å². The third-order valence-corrected chi connectivity index (χ3v) is 2.62. The molecule has 1 rings (SSSR count). The SMILES string of the molecule is CC(C)NCCN1CC(C)OC(C)(C)C1. The quantitative estimate of drug-likeness (QED) is 0.767. The minimum atomic E-state index is 0.00942. The maximum absolute atomic E-state index is 5.87. The zero-order valence-corrected chi connectivity index (χ0v) is 10.8. The summed E-state index contributed by atoms with van der Waals surface area (Å²) in [5, 5.41) is 3.45. The van der Waals surface area contributed by atoms with Crippen LogP contribution in [0.3, 0.4) is 0 Å². The largest absolute Gasteiger partial charge is 0.370 e. The van der Waals surface area contributed by atoms with Crippen molar-refractivity contribution in [3.8, 4) is 0 Å². The molecule has 1 saturated heterocycles. The summed E-state index contributed by atoms with van der Waals surface area (Å²) in [4.78, 5) is 2.49. The topological polar surface area (TPSA) is 24.5 Å². The monoisotopic (exact) mass is 214 g/mol. The summed E-state index contributed by atoms with van der Waals surface area (Å²) in [6.45, 7) is 15.2. The predicted octanol–water partition coefficient (Wildman–Crippen LogP) is 1.48. The summed E-state index contributed by atoms with van der Waals surface area (Å²) in [6, 6.07) is 0.580. The first-order valence-corrected chi connectivity index (χ1v) is 6.02. The van der Waals surface area contributed by atoms with Crippen molar-refractivity contribution in [3.63, 3.8) is 0 Å². The van der Waals surface area contributed by atoms with Crippen LogP contribution in [0.2, 0.25) is 0 Å². The molecule has 0 aromatic rings. The molecule has 0 aromatic carbocycles. The van der Waals surface area contributed by atoms with Crippen LogP contribution < -0.4 is 5.32 Å². The number of hydrogen-bond donors (Lipinski definition) is 1. The molecule has 1 heterocycles. The molecule has 1 aliphatic rings. The molecule has 1 fully saturated rings. The Balaban J connectivity index is 2.29. The molecular weight excluding hydrogens is 188 g/mol.